The lowest BCUT2D eigenvalue weighted by Gasteiger charge is -2.68. The molecular weight excluding hydrogens is 556 g/mol. The number of likely N-dealkylation sites (tertiary alicyclic amines) is 1. The van der Waals surface area contributed by atoms with Crippen LogP contribution in [0.4, 0.5) is 0 Å². The number of carbonyl (C=O) groups is 2. The predicted molar refractivity (Wildman–Crippen MR) is 181 cm³/mol. The Balaban J connectivity index is 1.13. The molecule has 5 heteroatoms. The van der Waals surface area contributed by atoms with E-state index in [1.807, 2.05) is 12.1 Å². The number of fused-ring (bicyclic) bond motifs is 7. The van der Waals surface area contributed by atoms with Gasteiger partial charge in [0.05, 0.1) is 11.6 Å². The average Bonchev–Trinajstić information content (AvgIpc) is 3.58. The molecule has 10 atom stereocenters. The van der Waals surface area contributed by atoms with Gasteiger partial charge < -0.3 is 10.4 Å². The fourth-order valence-corrected chi connectivity index (χ4v) is 13.6. The zero-order chi connectivity index (χ0) is 31.9. The molecule has 4 saturated carbocycles. The van der Waals surface area contributed by atoms with Crippen LogP contribution in [0.2, 0.25) is 0 Å². The highest BCUT2D eigenvalue weighted by Gasteiger charge is 2.66. The van der Waals surface area contributed by atoms with Crippen LogP contribution in [0.25, 0.3) is 5.57 Å². The number of amides is 1. The van der Waals surface area contributed by atoms with Crippen molar-refractivity contribution in [1.29, 1.82) is 0 Å². The number of hydrogen-bond donors (Lipinski definition) is 2. The van der Waals surface area contributed by atoms with Gasteiger partial charge in [-0.1, -0.05) is 52.8 Å². The van der Waals surface area contributed by atoms with Gasteiger partial charge in [-0.3, -0.25) is 9.69 Å². The Morgan fingerprint density at radius 2 is 1.64 bits per heavy atom. The molecule has 0 spiro atoms. The monoisotopic (exact) mass is 614 g/mol. The Morgan fingerprint density at radius 3 is 2.33 bits per heavy atom. The molecule has 5 nitrogen and oxygen atoms in total. The van der Waals surface area contributed by atoms with Gasteiger partial charge >= 0.3 is 5.97 Å². The summed E-state index contributed by atoms with van der Waals surface area (Å²) in [5.74, 6) is 3.85. The second kappa shape index (κ2) is 11.0. The summed E-state index contributed by atoms with van der Waals surface area (Å²) in [6.45, 7) is 14.7. The van der Waals surface area contributed by atoms with E-state index >= 15 is 0 Å². The van der Waals surface area contributed by atoms with Crippen molar-refractivity contribution in [3.8, 4) is 0 Å². The zero-order valence-electron chi connectivity index (χ0n) is 28.8. The number of likely N-dealkylation sites (N-methyl/N-ethyl adjacent to an activating group) is 1. The first kappa shape index (κ1) is 31.5. The van der Waals surface area contributed by atoms with Gasteiger partial charge in [-0.25, -0.2) is 4.79 Å². The van der Waals surface area contributed by atoms with Crippen molar-refractivity contribution in [3.63, 3.8) is 0 Å². The van der Waals surface area contributed by atoms with Gasteiger partial charge in [-0.05, 0) is 165 Å². The summed E-state index contributed by atoms with van der Waals surface area (Å²) in [5, 5.41) is 13.0. The quantitative estimate of drug-likeness (QED) is 0.350. The van der Waals surface area contributed by atoms with Gasteiger partial charge in [0.1, 0.15) is 0 Å². The Kier molecular flexibility index (Phi) is 7.66. The van der Waals surface area contributed by atoms with Crippen molar-refractivity contribution >= 4 is 17.4 Å². The minimum atomic E-state index is -0.859. The minimum Gasteiger partial charge on any atom is -0.478 e. The molecule has 2 N–H and O–H groups in total. The average molecular weight is 615 g/mol. The van der Waals surface area contributed by atoms with E-state index in [2.05, 4.69) is 58.0 Å². The second-order valence-corrected chi connectivity index (χ2v) is 17.7. The molecule has 1 aromatic rings. The van der Waals surface area contributed by atoms with Crippen LogP contribution in [-0.2, 0) is 4.79 Å². The number of aromatic carboxylic acids is 1. The van der Waals surface area contributed by atoms with E-state index in [9.17, 15) is 14.7 Å². The first-order valence-electron chi connectivity index (χ1n) is 18.3. The fourth-order valence-electron chi connectivity index (χ4n) is 13.6. The molecule has 1 aromatic carbocycles. The van der Waals surface area contributed by atoms with Crippen molar-refractivity contribution in [2.45, 2.75) is 111 Å². The van der Waals surface area contributed by atoms with Crippen LogP contribution in [0.15, 0.2) is 30.3 Å². The van der Waals surface area contributed by atoms with Crippen molar-refractivity contribution in [2.75, 3.05) is 20.1 Å². The van der Waals surface area contributed by atoms with Crippen LogP contribution in [0.1, 0.15) is 121 Å². The van der Waals surface area contributed by atoms with Gasteiger partial charge in [0.25, 0.3) is 0 Å². The summed E-state index contributed by atoms with van der Waals surface area (Å²) >= 11 is 0. The van der Waals surface area contributed by atoms with Crippen molar-refractivity contribution in [3.05, 3.63) is 41.5 Å². The van der Waals surface area contributed by atoms with Crippen LogP contribution < -0.4 is 5.32 Å². The molecule has 6 aliphatic rings. The van der Waals surface area contributed by atoms with Crippen LogP contribution in [0.3, 0.4) is 0 Å². The molecule has 246 valence electrons. The first-order valence-corrected chi connectivity index (χ1v) is 18.3. The van der Waals surface area contributed by atoms with E-state index in [-0.39, 0.29) is 22.8 Å². The molecule has 0 aromatic heterocycles. The number of nitrogens with one attached hydrogen (secondary N) is 1. The molecule has 7 rings (SSSR count). The van der Waals surface area contributed by atoms with E-state index in [1.54, 1.807) is 12.1 Å². The molecule has 1 amide bonds. The SMILES string of the molecule is CC1CC[C@]2(CNC(=O)[C@@H]3CCCN3C)CCC3[C@H](CCC4[C@@]3(C)CCC3C(C)(C)C(c5ccc(C(=O)O)cc5)=CC[C@@]34C)C12. The van der Waals surface area contributed by atoms with Crippen LogP contribution in [0.5, 0.6) is 0 Å². The summed E-state index contributed by atoms with van der Waals surface area (Å²) in [5.41, 5.74) is 3.95. The number of carboxylic acid groups (broad SMARTS) is 1. The summed E-state index contributed by atoms with van der Waals surface area (Å²) in [4.78, 5) is 27.0. The van der Waals surface area contributed by atoms with E-state index in [0.717, 1.165) is 61.9 Å². The highest BCUT2D eigenvalue weighted by atomic mass is 16.4. The fraction of sp³-hybridized carbons (Fsp3) is 0.750. The second-order valence-electron chi connectivity index (χ2n) is 17.7. The smallest absolute Gasteiger partial charge is 0.335 e. The molecular formula is C40H58N2O3. The first-order chi connectivity index (χ1) is 21.3. The topological polar surface area (TPSA) is 69.6 Å². The van der Waals surface area contributed by atoms with E-state index in [4.69, 9.17) is 0 Å². The van der Waals surface area contributed by atoms with Gasteiger partial charge in [0.2, 0.25) is 5.91 Å². The van der Waals surface area contributed by atoms with Crippen molar-refractivity contribution in [2.24, 2.45) is 57.2 Å². The molecule has 0 radical (unpaired) electrons. The number of nitrogens with zero attached hydrogens (tertiary/aromatic N) is 1. The molecule has 0 bridgehead atoms. The standard InChI is InChI=1S/C40H58N2O3/c1-25-15-21-40(24-41-35(43)31-8-7-23-42(31)6)22-17-30-28(34(25)40)13-14-33-38(30,4)20-18-32-37(2,3)29(16-19-39(32,33)5)26-9-11-27(12-10-26)36(44)45/h9-12,16,25,28,30-34H,7-8,13-15,17-24H2,1-6H3,(H,41,43)(H,44,45)/t25?,28-,30?,31-,32?,33?,34?,38-,39-,40+/m0/s1. The zero-order valence-corrected chi connectivity index (χ0v) is 28.8. The maximum Gasteiger partial charge on any atom is 0.335 e. The summed E-state index contributed by atoms with van der Waals surface area (Å²) < 4.78 is 0. The van der Waals surface area contributed by atoms with Gasteiger partial charge in [-0.2, -0.15) is 0 Å². The Bertz CT molecular complexity index is 1370. The highest BCUT2D eigenvalue weighted by molar-refractivity contribution is 5.88. The molecule has 5 aliphatic carbocycles. The molecule has 1 aliphatic heterocycles. The lowest BCUT2D eigenvalue weighted by Crippen LogP contribution is -2.62. The van der Waals surface area contributed by atoms with Gasteiger partial charge in [-0.15, -0.1) is 0 Å². The molecule has 1 saturated heterocycles. The number of hydrogen-bond acceptors (Lipinski definition) is 3. The highest BCUT2D eigenvalue weighted by Crippen LogP contribution is 2.73. The molecule has 45 heavy (non-hydrogen) atoms. The normalized spacial score (nSPS) is 43.8. The predicted octanol–water partition coefficient (Wildman–Crippen LogP) is 8.30. The summed E-state index contributed by atoms with van der Waals surface area (Å²) in [6.07, 6.45) is 16.3. The number of carbonyl (C=O) groups excluding carboxylic acids is 1. The van der Waals surface area contributed by atoms with Crippen molar-refractivity contribution < 1.29 is 14.7 Å². The van der Waals surface area contributed by atoms with Crippen LogP contribution >= 0.6 is 0 Å². The lowest BCUT2D eigenvalue weighted by molar-refractivity contribution is -0.181. The minimum absolute atomic E-state index is 0.0448. The molecule has 1 heterocycles. The third-order valence-electron chi connectivity index (χ3n) is 15.5. The summed E-state index contributed by atoms with van der Waals surface area (Å²) in [7, 11) is 2.11. The summed E-state index contributed by atoms with van der Waals surface area (Å²) in [6, 6.07) is 7.67. The van der Waals surface area contributed by atoms with Crippen molar-refractivity contribution in [1.82, 2.24) is 10.2 Å². The number of allylic oxidation sites excluding steroid dienone is 2. The Hall–Kier alpha value is -2.14. The largest absolute Gasteiger partial charge is 0.478 e. The van der Waals surface area contributed by atoms with E-state index in [1.165, 1.54) is 62.5 Å². The van der Waals surface area contributed by atoms with Crippen LogP contribution in [0, 0.1) is 57.2 Å². The van der Waals surface area contributed by atoms with Gasteiger partial charge in [0, 0.05) is 6.54 Å². The van der Waals surface area contributed by atoms with E-state index in [0.29, 0.717) is 22.3 Å². The molecule has 5 fully saturated rings. The maximum atomic E-state index is 13.3. The third-order valence-corrected chi connectivity index (χ3v) is 15.5. The third kappa shape index (κ3) is 4.71. The molecule has 5 unspecified atom stereocenters. The number of rotatable bonds is 5. The van der Waals surface area contributed by atoms with Crippen LogP contribution in [-0.4, -0.2) is 48.1 Å². The lowest BCUT2D eigenvalue weighted by atomic mass is 9.36. The Morgan fingerprint density at radius 1 is 0.911 bits per heavy atom. The number of benzene rings is 1. The number of carboxylic acids is 1. The van der Waals surface area contributed by atoms with E-state index < -0.39 is 5.97 Å². The maximum absolute atomic E-state index is 13.3. The Labute approximate surface area is 272 Å². The van der Waals surface area contributed by atoms with Gasteiger partial charge in [0.15, 0.2) is 0 Å².